The van der Waals surface area contributed by atoms with Crippen LogP contribution in [0.3, 0.4) is 0 Å². The summed E-state index contributed by atoms with van der Waals surface area (Å²) in [6.07, 6.45) is 5.50. The van der Waals surface area contributed by atoms with Crippen molar-refractivity contribution in [2.24, 2.45) is 0 Å². The molecule has 0 aliphatic carbocycles. The molecule has 1 heteroatoms. The Morgan fingerprint density at radius 2 is 1.60 bits per heavy atom. The molecule has 0 bridgehead atoms. The van der Waals surface area contributed by atoms with Gasteiger partial charge >= 0.3 is 0 Å². The van der Waals surface area contributed by atoms with Crippen molar-refractivity contribution in [3.63, 3.8) is 0 Å². The van der Waals surface area contributed by atoms with Crippen molar-refractivity contribution in [3.8, 4) is 0 Å². The largest absolute Gasteiger partial charge is 0.309 e. The van der Waals surface area contributed by atoms with Crippen LogP contribution in [0.25, 0.3) is 0 Å². The van der Waals surface area contributed by atoms with Gasteiger partial charge in [-0.25, -0.2) is 0 Å². The molecular formula is C9H23N. The highest BCUT2D eigenvalue weighted by molar-refractivity contribution is 4.44. The van der Waals surface area contributed by atoms with Gasteiger partial charge in [-0.1, -0.05) is 33.6 Å². The lowest BCUT2D eigenvalue weighted by Gasteiger charge is -2.07. The molecule has 0 saturated heterocycles. The fourth-order valence-corrected chi connectivity index (χ4v) is 0.855. The molecule has 0 N–H and O–H groups in total. The Morgan fingerprint density at radius 1 is 1.00 bits per heavy atom. The third-order valence-electron chi connectivity index (χ3n) is 1.46. The Hall–Kier alpha value is -0.0400. The summed E-state index contributed by atoms with van der Waals surface area (Å²) >= 11 is 0. The van der Waals surface area contributed by atoms with Gasteiger partial charge in [-0.05, 0) is 27.1 Å². The Bertz CT molecular complexity index is 50.7. The summed E-state index contributed by atoms with van der Waals surface area (Å²) in [5, 5.41) is 0. The van der Waals surface area contributed by atoms with Crippen LogP contribution in [-0.2, 0) is 0 Å². The van der Waals surface area contributed by atoms with E-state index in [1.807, 2.05) is 0 Å². The number of unbranched alkanes of at least 4 members (excludes halogenated alkanes) is 3. The van der Waals surface area contributed by atoms with Crippen molar-refractivity contribution in [2.45, 2.75) is 40.0 Å². The van der Waals surface area contributed by atoms with Crippen molar-refractivity contribution in [1.82, 2.24) is 4.90 Å². The zero-order valence-corrected chi connectivity index (χ0v) is 6.98. The maximum absolute atomic E-state index is 2.25. The molecule has 0 saturated carbocycles. The predicted octanol–water partition coefficient (Wildman–Crippen LogP) is 2.76. The molecule has 0 amide bonds. The van der Waals surface area contributed by atoms with E-state index in [0.29, 0.717) is 0 Å². The van der Waals surface area contributed by atoms with Crippen molar-refractivity contribution >= 4 is 0 Å². The summed E-state index contributed by atoms with van der Waals surface area (Å²) in [5.41, 5.74) is 0. The molecule has 0 rings (SSSR count). The standard InChI is InChI=1S/C8H19N.CH4/c1-4-5-6-7-8-9(2)3;/h4-8H2,1-3H3;1H4. The lowest BCUT2D eigenvalue weighted by Crippen LogP contribution is -2.12. The van der Waals surface area contributed by atoms with Gasteiger partial charge in [0.15, 0.2) is 0 Å². The minimum Gasteiger partial charge on any atom is -0.309 e. The van der Waals surface area contributed by atoms with E-state index in [1.165, 1.54) is 32.2 Å². The van der Waals surface area contributed by atoms with E-state index < -0.39 is 0 Å². The average Bonchev–Trinajstić information content (AvgIpc) is 1.80. The molecule has 0 unspecified atom stereocenters. The maximum Gasteiger partial charge on any atom is -0.00248 e. The Morgan fingerprint density at radius 3 is 2.00 bits per heavy atom. The van der Waals surface area contributed by atoms with Gasteiger partial charge < -0.3 is 4.90 Å². The van der Waals surface area contributed by atoms with Crippen molar-refractivity contribution in [3.05, 3.63) is 0 Å². The van der Waals surface area contributed by atoms with E-state index in [-0.39, 0.29) is 7.43 Å². The lowest BCUT2D eigenvalue weighted by atomic mass is 10.2. The topological polar surface area (TPSA) is 3.24 Å². The van der Waals surface area contributed by atoms with Gasteiger partial charge in [0, 0.05) is 0 Å². The van der Waals surface area contributed by atoms with Crippen LogP contribution in [0.15, 0.2) is 0 Å². The van der Waals surface area contributed by atoms with E-state index in [1.54, 1.807) is 0 Å². The minimum atomic E-state index is 0. The van der Waals surface area contributed by atoms with E-state index in [9.17, 15) is 0 Å². The minimum absolute atomic E-state index is 0. The van der Waals surface area contributed by atoms with Crippen molar-refractivity contribution in [2.75, 3.05) is 20.6 Å². The molecular weight excluding hydrogens is 122 g/mol. The lowest BCUT2D eigenvalue weighted by molar-refractivity contribution is 0.391. The van der Waals surface area contributed by atoms with Gasteiger partial charge in [-0.2, -0.15) is 0 Å². The van der Waals surface area contributed by atoms with Crippen molar-refractivity contribution < 1.29 is 0 Å². The molecule has 0 heterocycles. The molecule has 0 aliphatic heterocycles. The SMILES string of the molecule is C.CCCCCCN(C)C. The molecule has 1 nitrogen and oxygen atoms in total. The fourth-order valence-electron chi connectivity index (χ4n) is 0.855. The molecule has 0 aromatic carbocycles. The summed E-state index contributed by atoms with van der Waals surface area (Å²) in [6.45, 7) is 3.50. The van der Waals surface area contributed by atoms with Gasteiger partial charge in [0.1, 0.15) is 0 Å². The summed E-state index contributed by atoms with van der Waals surface area (Å²) in [6, 6.07) is 0. The Kier molecular flexibility index (Phi) is 11.3. The van der Waals surface area contributed by atoms with Gasteiger partial charge in [0.05, 0.1) is 0 Å². The highest BCUT2D eigenvalue weighted by Gasteiger charge is 1.88. The second kappa shape index (κ2) is 8.96. The zero-order chi connectivity index (χ0) is 7.11. The van der Waals surface area contributed by atoms with E-state index in [0.717, 1.165) is 0 Å². The molecule has 0 fully saturated rings. The molecule has 0 aliphatic rings. The first-order valence-electron chi connectivity index (χ1n) is 3.92. The molecule has 0 atom stereocenters. The first-order chi connectivity index (χ1) is 4.27. The zero-order valence-electron chi connectivity index (χ0n) is 6.98. The van der Waals surface area contributed by atoms with Crippen LogP contribution in [0.5, 0.6) is 0 Å². The highest BCUT2D eigenvalue weighted by atomic mass is 15.0. The molecule has 0 spiro atoms. The Balaban J connectivity index is 0. The molecule has 0 radical (unpaired) electrons. The van der Waals surface area contributed by atoms with Crippen LogP contribution in [0.4, 0.5) is 0 Å². The Labute approximate surface area is 66.4 Å². The third-order valence-corrected chi connectivity index (χ3v) is 1.46. The molecule has 10 heavy (non-hydrogen) atoms. The quantitative estimate of drug-likeness (QED) is 0.538. The van der Waals surface area contributed by atoms with Crippen LogP contribution in [-0.4, -0.2) is 25.5 Å². The second-order valence-corrected chi connectivity index (χ2v) is 2.86. The van der Waals surface area contributed by atoms with Crippen LogP contribution < -0.4 is 0 Å². The first kappa shape index (κ1) is 12.6. The van der Waals surface area contributed by atoms with E-state index in [4.69, 9.17) is 0 Å². The fraction of sp³-hybridized carbons (Fsp3) is 1.00. The molecule has 0 aromatic rings. The third kappa shape index (κ3) is 10.9. The van der Waals surface area contributed by atoms with E-state index in [2.05, 4.69) is 25.9 Å². The predicted molar refractivity (Wildman–Crippen MR) is 49.4 cm³/mol. The molecule has 0 aromatic heterocycles. The number of hydrogen-bond donors (Lipinski definition) is 0. The van der Waals surface area contributed by atoms with Crippen molar-refractivity contribution in [1.29, 1.82) is 0 Å². The maximum atomic E-state index is 2.25. The van der Waals surface area contributed by atoms with Crippen LogP contribution in [0.2, 0.25) is 0 Å². The van der Waals surface area contributed by atoms with Gasteiger partial charge in [0.2, 0.25) is 0 Å². The van der Waals surface area contributed by atoms with Crippen LogP contribution >= 0.6 is 0 Å². The normalized spacial score (nSPS) is 9.60. The number of hydrogen-bond acceptors (Lipinski definition) is 1. The molecule has 64 valence electrons. The average molecular weight is 145 g/mol. The smallest absolute Gasteiger partial charge is 0.00248 e. The second-order valence-electron chi connectivity index (χ2n) is 2.86. The highest BCUT2D eigenvalue weighted by Crippen LogP contribution is 1.98. The first-order valence-corrected chi connectivity index (χ1v) is 3.92. The summed E-state index contributed by atoms with van der Waals surface area (Å²) < 4.78 is 0. The monoisotopic (exact) mass is 145 g/mol. The summed E-state index contributed by atoms with van der Waals surface area (Å²) in [7, 11) is 4.26. The van der Waals surface area contributed by atoms with Gasteiger partial charge in [0.25, 0.3) is 0 Å². The van der Waals surface area contributed by atoms with Gasteiger partial charge in [-0.15, -0.1) is 0 Å². The van der Waals surface area contributed by atoms with Crippen LogP contribution in [0, 0.1) is 0 Å². The summed E-state index contributed by atoms with van der Waals surface area (Å²) in [5.74, 6) is 0. The van der Waals surface area contributed by atoms with E-state index >= 15 is 0 Å². The van der Waals surface area contributed by atoms with Gasteiger partial charge in [-0.3, -0.25) is 0 Å². The number of nitrogens with zero attached hydrogens (tertiary/aromatic N) is 1. The summed E-state index contributed by atoms with van der Waals surface area (Å²) in [4.78, 5) is 2.25. The van der Waals surface area contributed by atoms with Crippen LogP contribution in [0.1, 0.15) is 40.0 Å². The number of rotatable bonds is 5.